The number of hydrogen-bond donors (Lipinski definition) is 0. The van der Waals surface area contributed by atoms with Crippen LogP contribution in [0.4, 0.5) is 0 Å². The highest BCUT2D eigenvalue weighted by molar-refractivity contribution is 7.92. The van der Waals surface area contributed by atoms with Crippen molar-refractivity contribution in [3.8, 4) is 5.75 Å². The molecule has 3 rings (SSSR count). The van der Waals surface area contributed by atoms with Crippen molar-refractivity contribution < 1.29 is 22.7 Å². The Kier molecular flexibility index (Phi) is 5.37. The lowest BCUT2D eigenvalue weighted by molar-refractivity contribution is -0.141. The largest absolute Gasteiger partial charge is 0.497 e. The van der Waals surface area contributed by atoms with E-state index >= 15 is 0 Å². The molecule has 1 aromatic carbocycles. The molecule has 0 saturated carbocycles. The number of nitrogens with zero attached hydrogens (tertiary/aromatic N) is 2. The molecule has 0 aliphatic carbocycles. The van der Waals surface area contributed by atoms with Crippen LogP contribution in [0.5, 0.6) is 5.75 Å². The monoisotopic (exact) mass is 432 g/mol. The van der Waals surface area contributed by atoms with Crippen LogP contribution < -0.4 is 9.54 Å². The van der Waals surface area contributed by atoms with Gasteiger partial charge in [-0.15, -0.1) is 15.7 Å². The smallest absolute Gasteiger partial charge is 0.325 e. The van der Waals surface area contributed by atoms with E-state index in [4.69, 9.17) is 21.1 Å². The summed E-state index contributed by atoms with van der Waals surface area (Å²) in [6.07, 6.45) is 0. The van der Waals surface area contributed by atoms with E-state index in [2.05, 4.69) is 4.40 Å². The molecule has 2 aromatic heterocycles. The van der Waals surface area contributed by atoms with Crippen molar-refractivity contribution in [2.24, 2.45) is 4.40 Å². The molecular formula is C15H13ClN2O5S3. The second-order valence-corrected chi connectivity index (χ2v) is 9.56. The quantitative estimate of drug-likeness (QED) is 0.578. The number of fused-ring (bicyclic) bond motifs is 1. The lowest BCUT2D eigenvalue weighted by Crippen LogP contribution is -2.22. The van der Waals surface area contributed by atoms with Crippen LogP contribution in [0, 0.1) is 0 Å². The number of carbonyl (C=O) groups excluding carboxylic acids is 1. The molecule has 0 spiro atoms. The topological polar surface area (TPSA) is 87.0 Å². The standard InChI is InChI=1S/C15H13ClN2O5S3/c1-22-9-3-4-10-11(7-9)24-15(18(10)8-13(19)23-2)17-26(20,21)14-6-5-12(16)25-14/h3-7H,8H2,1-2H3/b17-15-. The summed E-state index contributed by atoms with van der Waals surface area (Å²) in [5, 5.41) is 0. The van der Waals surface area contributed by atoms with Gasteiger partial charge in [-0.25, -0.2) is 0 Å². The summed E-state index contributed by atoms with van der Waals surface area (Å²) in [6, 6.07) is 8.10. The molecule has 11 heteroatoms. The fourth-order valence-electron chi connectivity index (χ4n) is 2.18. The van der Waals surface area contributed by atoms with Gasteiger partial charge in [0.25, 0.3) is 10.0 Å². The maximum absolute atomic E-state index is 12.6. The van der Waals surface area contributed by atoms with Crippen molar-refractivity contribution in [2.75, 3.05) is 14.2 Å². The van der Waals surface area contributed by atoms with Crippen molar-refractivity contribution in [2.45, 2.75) is 10.8 Å². The number of esters is 1. The zero-order valence-corrected chi connectivity index (χ0v) is 16.8. The SMILES string of the molecule is COC(=O)Cn1/c(=N/S(=O)(=O)c2ccc(Cl)s2)sc2cc(OC)ccc21. The molecule has 3 aromatic rings. The molecule has 0 amide bonds. The summed E-state index contributed by atoms with van der Waals surface area (Å²) in [4.78, 5) is 11.9. The van der Waals surface area contributed by atoms with Gasteiger partial charge in [0.15, 0.2) is 0 Å². The van der Waals surface area contributed by atoms with Gasteiger partial charge in [0.1, 0.15) is 16.5 Å². The molecule has 7 nitrogen and oxygen atoms in total. The predicted molar refractivity (Wildman–Crippen MR) is 100 cm³/mol. The molecule has 0 saturated heterocycles. The van der Waals surface area contributed by atoms with E-state index in [1.807, 2.05) is 0 Å². The van der Waals surface area contributed by atoms with E-state index in [9.17, 15) is 13.2 Å². The van der Waals surface area contributed by atoms with Gasteiger partial charge in [-0.3, -0.25) is 4.79 Å². The second-order valence-electron chi connectivity index (χ2n) is 5.01. The van der Waals surface area contributed by atoms with Crippen LogP contribution in [-0.2, 0) is 26.1 Å². The Hall–Kier alpha value is -1.88. The molecule has 0 aliphatic heterocycles. The number of hydrogen-bond acceptors (Lipinski definition) is 7. The van der Waals surface area contributed by atoms with E-state index in [1.54, 1.807) is 18.2 Å². The Labute approximate surface area is 162 Å². The van der Waals surface area contributed by atoms with E-state index < -0.39 is 16.0 Å². The van der Waals surface area contributed by atoms with Gasteiger partial charge >= 0.3 is 5.97 Å². The number of ether oxygens (including phenoxy) is 2. The van der Waals surface area contributed by atoms with E-state index in [0.717, 1.165) is 27.4 Å². The maximum atomic E-state index is 12.6. The maximum Gasteiger partial charge on any atom is 0.325 e. The van der Waals surface area contributed by atoms with Crippen molar-refractivity contribution in [3.63, 3.8) is 0 Å². The minimum Gasteiger partial charge on any atom is -0.497 e. The molecule has 0 unspecified atom stereocenters. The third kappa shape index (κ3) is 3.78. The van der Waals surface area contributed by atoms with Crippen LogP contribution in [0.25, 0.3) is 10.2 Å². The van der Waals surface area contributed by atoms with Crippen LogP contribution in [-0.4, -0.2) is 33.2 Å². The number of thiophene rings is 1. The van der Waals surface area contributed by atoms with Crippen LogP contribution in [0.1, 0.15) is 0 Å². The van der Waals surface area contributed by atoms with Crippen molar-refractivity contribution >= 4 is 60.5 Å². The Morgan fingerprint density at radius 1 is 1.23 bits per heavy atom. The summed E-state index contributed by atoms with van der Waals surface area (Å²) >= 11 is 7.87. The van der Waals surface area contributed by atoms with Crippen molar-refractivity contribution in [1.82, 2.24) is 4.57 Å². The van der Waals surface area contributed by atoms with E-state index in [0.29, 0.717) is 15.6 Å². The Morgan fingerprint density at radius 2 is 2.00 bits per heavy atom. The number of halogens is 1. The van der Waals surface area contributed by atoms with Gasteiger partial charge in [0.05, 0.1) is 28.8 Å². The summed E-state index contributed by atoms with van der Waals surface area (Å²) in [5.41, 5.74) is 0.652. The first kappa shape index (κ1) is 18.9. The van der Waals surface area contributed by atoms with Crippen LogP contribution in [0.2, 0.25) is 4.34 Å². The summed E-state index contributed by atoms with van der Waals surface area (Å²) in [5.74, 6) is 0.0990. The zero-order chi connectivity index (χ0) is 18.9. The van der Waals surface area contributed by atoms with Crippen LogP contribution >= 0.6 is 34.3 Å². The first-order chi connectivity index (χ1) is 12.3. The number of carbonyl (C=O) groups is 1. The molecule has 0 bridgehead atoms. The molecule has 0 radical (unpaired) electrons. The zero-order valence-electron chi connectivity index (χ0n) is 13.6. The molecule has 138 valence electrons. The third-order valence-electron chi connectivity index (χ3n) is 3.41. The Morgan fingerprint density at radius 3 is 2.62 bits per heavy atom. The van der Waals surface area contributed by atoms with Gasteiger partial charge in [-0.05, 0) is 30.3 Å². The van der Waals surface area contributed by atoms with Gasteiger partial charge in [-0.2, -0.15) is 8.42 Å². The highest BCUT2D eigenvalue weighted by Crippen LogP contribution is 2.27. The second kappa shape index (κ2) is 7.39. The number of thiazole rings is 1. The molecule has 0 N–H and O–H groups in total. The minimum atomic E-state index is -3.96. The fraction of sp³-hybridized carbons (Fsp3) is 0.200. The van der Waals surface area contributed by atoms with E-state index in [-0.39, 0.29) is 15.6 Å². The predicted octanol–water partition coefficient (Wildman–Crippen LogP) is 2.89. The van der Waals surface area contributed by atoms with Gasteiger partial charge in [-0.1, -0.05) is 22.9 Å². The first-order valence-electron chi connectivity index (χ1n) is 7.14. The lowest BCUT2D eigenvalue weighted by atomic mass is 10.3. The first-order valence-corrected chi connectivity index (χ1v) is 10.6. The molecule has 2 heterocycles. The molecule has 26 heavy (non-hydrogen) atoms. The number of methoxy groups -OCH3 is 2. The van der Waals surface area contributed by atoms with E-state index in [1.165, 1.54) is 30.9 Å². The fourth-order valence-corrected chi connectivity index (χ4v) is 5.90. The summed E-state index contributed by atoms with van der Waals surface area (Å²) in [7, 11) is -1.15. The number of rotatable bonds is 5. The number of aromatic nitrogens is 1. The van der Waals surface area contributed by atoms with Crippen molar-refractivity contribution in [3.05, 3.63) is 39.5 Å². The van der Waals surface area contributed by atoms with Gasteiger partial charge in [0.2, 0.25) is 4.80 Å². The number of benzene rings is 1. The van der Waals surface area contributed by atoms with Gasteiger partial charge in [0, 0.05) is 0 Å². The molecular weight excluding hydrogens is 420 g/mol. The molecule has 0 atom stereocenters. The van der Waals surface area contributed by atoms with Crippen molar-refractivity contribution in [1.29, 1.82) is 0 Å². The van der Waals surface area contributed by atoms with Crippen LogP contribution in [0.15, 0.2) is 38.9 Å². The average molecular weight is 433 g/mol. The number of sulfonamides is 1. The van der Waals surface area contributed by atoms with Crippen LogP contribution in [0.3, 0.4) is 0 Å². The highest BCUT2D eigenvalue weighted by atomic mass is 35.5. The normalized spacial score (nSPS) is 12.5. The summed E-state index contributed by atoms with van der Waals surface area (Å²) in [6.45, 7) is -0.164. The molecule has 0 aliphatic rings. The Balaban J connectivity index is 2.23. The Bertz CT molecular complexity index is 1140. The third-order valence-corrected chi connectivity index (χ3v) is 7.53. The summed E-state index contributed by atoms with van der Waals surface area (Å²) < 4.78 is 41.5. The lowest BCUT2D eigenvalue weighted by Gasteiger charge is -2.04. The average Bonchev–Trinajstić information content (AvgIpc) is 3.18. The molecule has 0 fully saturated rings. The van der Waals surface area contributed by atoms with Gasteiger partial charge < -0.3 is 14.0 Å². The highest BCUT2D eigenvalue weighted by Gasteiger charge is 2.18. The minimum absolute atomic E-state index is 0.0298.